The first kappa shape index (κ1) is 17.8. The molecule has 0 bridgehead atoms. The Morgan fingerprint density at radius 2 is 2.09 bits per heavy atom. The van der Waals surface area contributed by atoms with E-state index in [1.807, 2.05) is 12.1 Å². The standard InChI is InChI=1S/C18H26ClN3O/c1-3-4-5-6-7-11-16(20)22-12-13(2)17(21-22)14-9-8-10-15(19)18(14)23/h8-10,13,20,23H,3-7,11-12H2,1-2H3. The molecule has 0 spiro atoms. The molecule has 0 aromatic heterocycles. The van der Waals surface area contributed by atoms with Crippen LogP contribution < -0.4 is 0 Å². The monoisotopic (exact) mass is 335 g/mol. The summed E-state index contributed by atoms with van der Waals surface area (Å²) in [6, 6.07) is 5.30. The summed E-state index contributed by atoms with van der Waals surface area (Å²) in [7, 11) is 0. The van der Waals surface area contributed by atoms with Gasteiger partial charge in [-0.25, -0.2) is 0 Å². The number of phenolic OH excluding ortho intramolecular Hbond substituents is 1. The zero-order valence-electron chi connectivity index (χ0n) is 14.0. The summed E-state index contributed by atoms with van der Waals surface area (Å²) >= 11 is 5.99. The van der Waals surface area contributed by atoms with Crippen LogP contribution in [0.5, 0.6) is 5.75 Å². The van der Waals surface area contributed by atoms with Crippen LogP contribution in [-0.4, -0.2) is 28.2 Å². The minimum absolute atomic E-state index is 0.0766. The first-order chi connectivity index (χ1) is 11.0. The number of unbranched alkanes of at least 4 members (excludes halogenated alkanes) is 4. The van der Waals surface area contributed by atoms with Gasteiger partial charge in [-0.15, -0.1) is 0 Å². The Labute approximate surface area is 143 Å². The van der Waals surface area contributed by atoms with Crippen LogP contribution >= 0.6 is 11.6 Å². The van der Waals surface area contributed by atoms with Gasteiger partial charge in [0.15, 0.2) is 0 Å². The SMILES string of the molecule is CCCCCCCC(=N)N1CC(C)C(c2cccc(Cl)c2O)=N1. The van der Waals surface area contributed by atoms with Gasteiger partial charge in [0.25, 0.3) is 0 Å². The van der Waals surface area contributed by atoms with E-state index in [4.69, 9.17) is 17.0 Å². The molecule has 2 N–H and O–H groups in total. The topological polar surface area (TPSA) is 59.7 Å². The van der Waals surface area contributed by atoms with Crippen molar-refractivity contribution in [3.05, 3.63) is 28.8 Å². The molecule has 1 unspecified atom stereocenters. The van der Waals surface area contributed by atoms with Crippen LogP contribution in [0.1, 0.15) is 57.9 Å². The van der Waals surface area contributed by atoms with E-state index in [1.165, 1.54) is 25.7 Å². The number of nitrogens with one attached hydrogen (secondary N) is 1. The van der Waals surface area contributed by atoms with E-state index in [0.29, 0.717) is 23.0 Å². The van der Waals surface area contributed by atoms with E-state index in [1.54, 1.807) is 11.1 Å². The Kier molecular flexibility index (Phi) is 6.46. The maximum Gasteiger partial charge on any atom is 0.143 e. The molecule has 1 aromatic carbocycles. The number of hydrazone groups is 1. The molecule has 0 saturated heterocycles. The Balaban J connectivity index is 1.99. The van der Waals surface area contributed by atoms with Crippen LogP contribution in [0, 0.1) is 11.3 Å². The number of hydrogen-bond acceptors (Lipinski definition) is 3. The van der Waals surface area contributed by atoms with E-state index < -0.39 is 0 Å². The number of hydrogen-bond donors (Lipinski definition) is 2. The molecule has 0 amide bonds. The Hall–Kier alpha value is -1.55. The molecule has 1 heterocycles. The van der Waals surface area contributed by atoms with Crippen LogP contribution in [0.25, 0.3) is 0 Å². The predicted octanol–water partition coefficient (Wildman–Crippen LogP) is 5.04. The largest absolute Gasteiger partial charge is 0.506 e. The highest BCUT2D eigenvalue weighted by Crippen LogP contribution is 2.31. The van der Waals surface area contributed by atoms with Gasteiger partial charge in [0, 0.05) is 17.9 Å². The summed E-state index contributed by atoms with van der Waals surface area (Å²) in [6.45, 7) is 4.96. The number of para-hydroxylation sites is 1. The van der Waals surface area contributed by atoms with Crippen molar-refractivity contribution in [2.45, 2.75) is 52.4 Å². The Morgan fingerprint density at radius 3 is 2.83 bits per heavy atom. The number of phenols is 1. The third-order valence-corrected chi connectivity index (χ3v) is 4.54. The summed E-state index contributed by atoms with van der Waals surface area (Å²) in [5, 5.41) is 25.0. The van der Waals surface area contributed by atoms with Crippen molar-refractivity contribution in [1.82, 2.24) is 5.01 Å². The predicted molar refractivity (Wildman–Crippen MR) is 96.6 cm³/mol. The van der Waals surface area contributed by atoms with Gasteiger partial charge in [-0.2, -0.15) is 5.10 Å². The molecule has 4 nitrogen and oxygen atoms in total. The van der Waals surface area contributed by atoms with Crippen molar-refractivity contribution in [2.24, 2.45) is 11.0 Å². The lowest BCUT2D eigenvalue weighted by Crippen LogP contribution is -2.24. The van der Waals surface area contributed by atoms with Crippen molar-refractivity contribution in [3.8, 4) is 5.75 Å². The van der Waals surface area contributed by atoms with Gasteiger partial charge in [-0.05, 0) is 18.6 Å². The average molecular weight is 336 g/mol. The number of benzene rings is 1. The second-order valence-electron chi connectivity index (χ2n) is 6.22. The molecule has 5 heteroatoms. The molecule has 126 valence electrons. The molecular weight excluding hydrogens is 310 g/mol. The van der Waals surface area contributed by atoms with E-state index >= 15 is 0 Å². The van der Waals surface area contributed by atoms with Gasteiger partial charge in [0.2, 0.25) is 0 Å². The van der Waals surface area contributed by atoms with Crippen molar-refractivity contribution in [3.63, 3.8) is 0 Å². The second-order valence-corrected chi connectivity index (χ2v) is 6.62. The third-order valence-electron chi connectivity index (χ3n) is 4.23. The fourth-order valence-electron chi connectivity index (χ4n) is 2.85. The minimum Gasteiger partial charge on any atom is -0.506 e. The number of rotatable bonds is 7. The summed E-state index contributed by atoms with van der Waals surface area (Å²) in [6.07, 6.45) is 6.71. The van der Waals surface area contributed by atoms with Crippen molar-refractivity contribution in [2.75, 3.05) is 6.54 Å². The summed E-state index contributed by atoms with van der Waals surface area (Å²) in [5.74, 6) is 0.803. The fourth-order valence-corrected chi connectivity index (χ4v) is 3.03. The molecular formula is C18H26ClN3O. The van der Waals surface area contributed by atoms with Gasteiger partial charge in [-0.1, -0.05) is 57.2 Å². The summed E-state index contributed by atoms with van der Waals surface area (Å²) < 4.78 is 0. The Morgan fingerprint density at radius 1 is 1.35 bits per heavy atom. The Bertz CT molecular complexity index is 586. The molecule has 1 atom stereocenters. The van der Waals surface area contributed by atoms with E-state index in [0.717, 1.165) is 18.6 Å². The number of aromatic hydroxyl groups is 1. The molecule has 2 rings (SSSR count). The van der Waals surface area contributed by atoms with E-state index in [2.05, 4.69) is 18.9 Å². The summed E-state index contributed by atoms with van der Waals surface area (Å²) in [5.41, 5.74) is 1.48. The van der Waals surface area contributed by atoms with Crippen molar-refractivity contribution >= 4 is 23.1 Å². The van der Waals surface area contributed by atoms with Gasteiger partial charge in [0.05, 0.1) is 17.3 Å². The zero-order valence-corrected chi connectivity index (χ0v) is 14.7. The number of nitrogens with zero attached hydrogens (tertiary/aromatic N) is 2. The van der Waals surface area contributed by atoms with Crippen LogP contribution in [0.3, 0.4) is 0 Å². The molecule has 0 aliphatic carbocycles. The van der Waals surface area contributed by atoms with Gasteiger partial charge < -0.3 is 5.11 Å². The lowest BCUT2D eigenvalue weighted by molar-refractivity contribution is 0.439. The van der Waals surface area contributed by atoms with E-state index in [-0.39, 0.29) is 11.7 Å². The van der Waals surface area contributed by atoms with Crippen molar-refractivity contribution < 1.29 is 5.11 Å². The maximum absolute atomic E-state index is 10.1. The maximum atomic E-state index is 10.1. The van der Waals surface area contributed by atoms with E-state index in [9.17, 15) is 5.11 Å². The van der Waals surface area contributed by atoms with Crippen LogP contribution in [0.2, 0.25) is 5.02 Å². The molecule has 0 fully saturated rings. The highest BCUT2D eigenvalue weighted by molar-refractivity contribution is 6.32. The minimum atomic E-state index is 0.0766. The molecule has 0 radical (unpaired) electrons. The highest BCUT2D eigenvalue weighted by atomic mass is 35.5. The molecule has 1 aromatic rings. The lowest BCUT2D eigenvalue weighted by Gasteiger charge is -2.15. The molecule has 23 heavy (non-hydrogen) atoms. The zero-order chi connectivity index (χ0) is 16.8. The van der Waals surface area contributed by atoms with Gasteiger partial charge >= 0.3 is 0 Å². The number of amidine groups is 1. The number of halogens is 1. The third kappa shape index (κ3) is 4.47. The highest BCUT2D eigenvalue weighted by Gasteiger charge is 2.28. The van der Waals surface area contributed by atoms with Crippen LogP contribution in [0.4, 0.5) is 0 Å². The average Bonchev–Trinajstić information content (AvgIpc) is 2.91. The fraction of sp³-hybridized carbons (Fsp3) is 0.556. The second kappa shape index (κ2) is 8.34. The van der Waals surface area contributed by atoms with Crippen LogP contribution in [0.15, 0.2) is 23.3 Å². The lowest BCUT2D eigenvalue weighted by atomic mass is 9.98. The molecule has 1 aliphatic heterocycles. The first-order valence-corrected chi connectivity index (χ1v) is 8.83. The molecule has 0 saturated carbocycles. The van der Waals surface area contributed by atoms with Gasteiger partial charge in [-0.3, -0.25) is 10.4 Å². The normalized spacial score (nSPS) is 17.4. The molecule has 1 aliphatic rings. The quantitative estimate of drug-likeness (QED) is 0.416. The summed E-state index contributed by atoms with van der Waals surface area (Å²) in [4.78, 5) is 0. The van der Waals surface area contributed by atoms with Gasteiger partial charge in [0.1, 0.15) is 11.6 Å². The van der Waals surface area contributed by atoms with Crippen LogP contribution in [-0.2, 0) is 0 Å². The first-order valence-electron chi connectivity index (χ1n) is 8.45. The van der Waals surface area contributed by atoms with Crippen molar-refractivity contribution in [1.29, 1.82) is 5.41 Å². The smallest absolute Gasteiger partial charge is 0.143 e.